The zero-order valence-electron chi connectivity index (χ0n) is 17.4. The third-order valence-corrected chi connectivity index (χ3v) is 6.21. The molecule has 1 aliphatic carbocycles. The van der Waals surface area contributed by atoms with Crippen LogP contribution in [0.25, 0.3) is 11.3 Å². The third-order valence-electron chi connectivity index (χ3n) is 5.22. The molecule has 0 spiro atoms. The van der Waals surface area contributed by atoms with Crippen molar-refractivity contribution in [3.8, 4) is 17.0 Å². The highest BCUT2D eigenvalue weighted by molar-refractivity contribution is 14.1. The van der Waals surface area contributed by atoms with Crippen LogP contribution in [0.15, 0.2) is 48.5 Å². The topological polar surface area (TPSA) is 59.1 Å². The number of nitrogens with one attached hydrogen (secondary N) is 2. The molecule has 0 atom stereocenters. The SMILES string of the molecule is FC(F)(F)Oc1cccc(-c2cc(Nc3ccc(I)cc3Cl)nc(NC3CCCCC3)n2)c1. The van der Waals surface area contributed by atoms with E-state index in [0.717, 1.165) is 29.3 Å². The molecule has 2 aromatic carbocycles. The molecule has 0 unspecified atom stereocenters. The van der Waals surface area contributed by atoms with Crippen molar-refractivity contribution in [2.24, 2.45) is 0 Å². The maximum Gasteiger partial charge on any atom is 0.573 e. The summed E-state index contributed by atoms with van der Waals surface area (Å²) in [6.07, 6.45) is 0.757. The Morgan fingerprint density at radius 3 is 2.52 bits per heavy atom. The zero-order chi connectivity index (χ0) is 23.4. The fourth-order valence-electron chi connectivity index (χ4n) is 3.73. The number of aromatic nitrogens is 2. The van der Waals surface area contributed by atoms with Crippen LogP contribution in [0.5, 0.6) is 5.75 Å². The summed E-state index contributed by atoms with van der Waals surface area (Å²) in [5.41, 5.74) is 1.60. The average Bonchev–Trinajstić information content (AvgIpc) is 2.75. The number of alkyl halides is 3. The number of hydrogen-bond acceptors (Lipinski definition) is 5. The summed E-state index contributed by atoms with van der Waals surface area (Å²) in [7, 11) is 0. The molecule has 0 amide bonds. The Labute approximate surface area is 208 Å². The van der Waals surface area contributed by atoms with Gasteiger partial charge in [0.15, 0.2) is 0 Å². The Balaban J connectivity index is 1.68. The van der Waals surface area contributed by atoms with E-state index in [0.29, 0.717) is 33.7 Å². The quantitative estimate of drug-likeness (QED) is 0.288. The Morgan fingerprint density at radius 2 is 1.79 bits per heavy atom. The lowest BCUT2D eigenvalue weighted by Gasteiger charge is -2.23. The minimum atomic E-state index is -4.77. The second-order valence-electron chi connectivity index (χ2n) is 7.77. The van der Waals surface area contributed by atoms with E-state index >= 15 is 0 Å². The molecule has 3 aromatic rings. The summed E-state index contributed by atoms with van der Waals surface area (Å²) in [6.45, 7) is 0. The molecule has 174 valence electrons. The molecule has 1 saturated carbocycles. The number of anilines is 3. The molecular weight excluding hydrogens is 568 g/mol. The first-order valence-corrected chi connectivity index (χ1v) is 11.9. The van der Waals surface area contributed by atoms with Crippen LogP contribution in [0.2, 0.25) is 5.02 Å². The van der Waals surface area contributed by atoms with Crippen LogP contribution in [0.3, 0.4) is 0 Å². The maximum atomic E-state index is 12.7. The molecule has 1 aliphatic rings. The van der Waals surface area contributed by atoms with E-state index in [2.05, 4.69) is 47.9 Å². The highest BCUT2D eigenvalue weighted by atomic mass is 127. The van der Waals surface area contributed by atoms with Gasteiger partial charge in [0.2, 0.25) is 5.95 Å². The first kappa shape index (κ1) is 23.9. The fourth-order valence-corrected chi connectivity index (χ4v) is 4.64. The number of halogens is 5. The highest BCUT2D eigenvalue weighted by Gasteiger charge is 2.31. The summed E-state index contributed by atoms with van der Waals surface area (Å²) in [5.74, 6) is 0.574. The van der Waals surface area contributed by atoms with Crippen LogP contribution < -0.4 is 15.4 Å². The summed E-state index contributed by atoms with van der Waals surface area (Å²) in [5, 5.41) is 7.12. The largest absolute Gasteiger partial charge is 0.573 e. The smallest absolute Gasteiger partial charge is 0.406 e. The van der Waals surface area contributed by atoms with Gasteiger partial charge in [0.25, 0.3) is 0 Å². The molecule has 0 saturated heterocycles. The van der Waals surface area contributed by atoms with E-state index in [-0.39, 0.29) is 11.8 Å². The van der Waals surface area contributed by atoms with E-state index in [1.54, 1.807) is 12.1 Å². The zero-order valence-corrected chi connectivity index (χ0v) is 20.3. The lowest BCUT2D eigenvalue weighted by Crippen LogP contribution is -2.23. The van der Waals surface area contributed by atoms with E-state index in [1.807, 2.05) is 18.2 Å². The van der Waals surface area contributed by atoms with Gasteiger partial charge >= 0.3 is 6.36 Å². The van der Waals surface area contributed by atoms with Gasteiger partial charge in [0.05, 0.1) is 16.4 Å². The first-order valence-electron chi connectivity index (χ1n) is 10.5. The van der Waals surface area contributed by atoms with Crippen LogP contribution in [0, 0.1) is 3.57 Å². The minimum absolute atomic E-state index is 0.253. The van der Waals surface area contributed by atoms with Crippen molar-refractivity contribution in [3.63, 3.8) is 0 Å². The van der Waals surface area contributed by atoms with Crippen molar-refractivity contribution in [3.05, 3.63) is 57.1 Å². The summed E-state index contributed by atoms with van der Waals surface area (Å²) in [6, 6.07) is 13.2. The number of rotatable bonds is 6. The second kappa shape index (κ2) is 10.3. The lowest BCUT2D eigenvalue weighted by atomic mass is 9.96. The number of hydrogen-bond donors (Lipinski definition) is 2. The Kier molecular flexibility index (Phi) is 7.48. The number of benzene rings is 2. The molecule has 33 heavy (non-hydrogen) atoms. The summed E-state index contributed by atoms with van der Waals surface area (Å²) >= 11 is 8.54. The van der Waals surface area contributed by atoms with Gasteiger partial charge in [0, 0.05) is 21.2 Å². The monoisotopic (exact) mass is 588 g/mol. The average molecular weight is 589 g/mol. The van der Waals surface area contributed by atoms with Crippen molar-refractivity contribution in [1.29, 1.82) is 0 Å². The molecule has 4 rings (SSSR count). The van der Waals surface area contributed by atoms with E-state index in [9.17, 15) is 13.2 Å². The number of nitrogens with zero attached hydrogens (tertiary/aromatic N) is 2. The molecule has 10 heteroatoms. The van der Waals surface area contributed by atoms with Crippen molar-refractivity contribution in [2.75, 3.05) is 10.6 Å². The van der Waals surface area contributed by atoms with Crippen LogP contribution in [-0.2, 0) is 0 Å². The van der Waals surface area contributed by atoms with Crippen molar-refractivity contribution < 1.29 is 17.9 Å². The van der Waals surface area contributed by atoms with E-state index in [4.69, 9.17) is 11.6 Å². The predicted octanol–water partition coefficient (Wildman–Crippen LogP) is 7.79. The van der Waals surface area contributed by atoms with Gasteiger partial charge in [-0.3, -0.25) is 0 Å². The molecule has 5 nitrogen and oxygen atoms in total. The van der Waals surface area contributed by atoms with Gasteiger partial charge < -0.3 is 15.4 Å². The van der Waals surface area contributed by atoms with Gasteiger partial charge in [-0.15, -0.1) is 13.2 Å². The van der Waals surface area contributed by atoms with Gasteiger partial charge in [0.1, 0.15) is 11.6 Å². The van der Waals surface area contributed by atoms with E-state index < -0.39 is 6.36 Å². The molecule has 0 radical (unpaired) electrons. The fraction of sp³-hybridized carbons (Fsp3) is 0.304. The number of ether oxygens (including phenoxy) is 1. The van der Waals surface area contributed by atoms with Gasteiger partial charge in [-0.05, 0) is 65.8 Å². The molecule has 1 heterocycles. The van der Waals surface area contributed by atoms with Crippen molar-refractivity contribution in [1.82, 2.24) is 9.97 Å². The maximum absolute atomic E-state index is 12.7. The standard InChI is InChI=1S/C23H21ClF3IN4O/c24-18-12-15(28)9-10-19(18)30-21-13-20(14-5-4-8-17(11-14)33-23(25,26)27)31-22(32-21)29-16-6-2-1-3-7-16/h4-5,8-13,16H,1-3,6-7H2,(H2,29,30,31,32). The minimum Gasteiger partial charge on any atom is -0.406 e. The Morgan fingerprint density at radius 1 is 1.00 bits per heavy atom. The highest BCUT2D eigenvalue weighted by Crippen LogP contribution is 2.32. The molecule has 1 fully saturated rings. The summed E-state index contributed by atoms with van der Waals surface area (Å²) in [4.78, 5) is 9.17. The Hall–Kier alpha value is -2.27. The van der Waals surface area contributed by atoms with Gasteiger partial charge in [-0.2, -0.15) is 4.98 Å². The van der Waals surface area contributed by atoms with Crippen LogP contribution in [0.1, 0.15) is 32.1 Å². The van der Waals surface area contributed by atoms with Crippen LogP contribution >= 0.6 is 34.2 Å². The van der Waals surface area contributed by atoms with Crippen LogP contribution in [-0.4, -0.2) is 22.4 Å². The predicted molar refractivity (Wildman–Crippen MR) is 132 cm³/mol. The Bertz CT molecular complexity index is 1120. The first-order chi connectivity index (χ1) is 15.7. The van der Waals surface area contributed by atoms with Crippen molar-refractivity contribution >= 4 is 51.6 Å². The normalized spacial score (nSPS) is 14.7. The van der Waals surface area contributed by atoms with Gasteiger partial charge in [-0.1, -0.05) is 43.0 Å². The van der Waals surface area contributed by atoms with Gasteiger partial charge in [-0.25, -0.2) is 4.98 Å². The second-order valence-corrected chi connectivity index (χ2v) is 9.42. The van der Waals surface area contributed by atoms with Crippen molar-refractivity contribution in [2.45, 2.75) is 44.5 Å². The molecular formula is C23H21ClF3IN4O. The summed E-state index contributed by atoms with van der Waals surface area (Å²) < 4.78 is 43.1. The molecule has 2 N–H and O–H groups in total. The van der Waals surface area contributed by atoms with E-state index in [1.165, 1.54) is 24.6 Å². The third kappa shape index (κ3) is 6.86. The molecule has 0 aliphatic heterocycles. The molecule has 1 aromatic heterocycles. The molecule has 0 bridgehead atoms. The van der Waals surface area contributed by atoms with Crippen LogP contribution in [0.4, 0.5) is 30.6 Å². The lowest BCUT2D eigenvalue weighted by molar-refractivity contribution is -0.274.